The Morgan fingerprint density at radius 1 is 1.32 bits per heavy atom. The molecule has 3 aliphatic rings. The summed E-state index contributed by atoms with van der Waals surface area (Å²) in [5.74, 6) is 1.06. The van der Waals surface area contributed by atoms with E-state index in [2.05, 4.69) is 18.9 Å². The molecule has 3 heterocycles. The van der Waals surface area contributed by atoms with Crippen LogP contribution in [0, 0.1) is 0 Å². The molecule has 0 aromatic carbocycles. The smallest absolute Gasteiger partial charge is 0.246 e. The number of nitrogens with zero attached hydrogens (tertiary/aromatic N) is 3. The maximum atomic E-state index is 12.6. The standard InChI is InChI=1S/C13H21N3O2S/c1-13-4-3-11(17)16(13)10(9-19-13)12(18)15-7-5-14(2)6-8-15/h10H,3-9H2,1-2H3/t10-,13-/m1/s1. The summed E-state index contributed by atoms with van der Waals surface area (Å²) in [6.07, 6.45) is 1.47. The van der Waals surface area contributed by atoms with Gasteiger partial charge in [0.05, 0.1) is 4.87 Å². The fourth-order valence-electron chi connectivity index (χ4n) is 3.24. The number of piperazine rings is 1. The van der Waals surface area contributed by atoms with Gasteiger partial charge in [-0.1, -0.05) is 0 Å². The quantitative estimate of drug-likeness (QED) is 0.690. The van der Waals surface area contributed by atoms with Crippen LogP contribution in [-0.2, 0) is 9.59 Å². The molecule has 0 aliphatic carbocycles. The molecule has 3 saturated heterocycles. The van der Waals surface area contributed by atoms with Crippen molar-refractivity contribution < 1.29 is 9.59 Å². The maximum absolute atomic E-state index is 12.6. The summed E-state index contributed by atoms with van der Waals surface area (Å²) < 4.78 is 0. The molecule has 3 fully saturated rings. The van der Waals surface area contributed by atoms with Crippen molar-refractivity contribution in [3.8, 4) is 0 Å². The third-order valence-corrected chi connectivity index (χ3v) is 6.05. The van der Waals surface area contributed by atoms with Crippen molar-refractivity contribution in [3.05, 3.63) is 0 Å². The van der Waals surface area contributed by atoms with Crippen LogP contribution in [0.25, 0.3) is 0 Å². The van der Waals surface area contributed by atoms with Crippen LogP contribution in [0.2, 0.25) is 0 Å². The zero-order valence-corrected chi connectivity index (χ0v) is 12.4. The highest BCUT2D eigenvalue weighted by atomic mass is 32.2. The van der Waals surface area contributed by atoms with E-state index in [9.17, 15) is 9.59 Å². The van der Waals surface area contributed by atoms with Crippen LogP contribution in [0.1, 0.15) is 19.8 Å². The van der Waals surface area contributed by atoms with Crippen LogP contribution < -0.4 is 0 Å². The number of rotatable bonds is 1. The van der Waals surface area contributed by atoms with E-state index < -0.39 is 0 Å². The van der Waals surface area contributed by atoms with E-state index in [1.165, 1.54) is 0 Å². The second kappa shape index (κ2) is 4.66. The first-order valence-corrected chi connectivity index (χ1v) is 7.93. The monoisotopic (exact) mass is 283 g/mol. The molecular formula is C13H21N3O2S. The average molecular weight is 283 g/mol. The van der Waals surface area contributed by atoms with E-state index >= 15 is 0 Å². The molecule has 2 amide bonds. The number of carbonyl (C=O) groups excluding carboxylic acids is 2. The minimum absolute atomic E-state index is 0.135. The van der Waals surface area contributed by atoms with Crippen molar-refractivity contribution in [1.29, 1.82) is 0 Å². The minimum Gasteiger partial charge on any atom is -0.338 e. The molecule has 0 N–H and O–H groups in total. The molecule has 0 saturated carbocycles. The van der Waals surface area contributed by atoms with Gasteiger partial charge < -0.3 is 14.7 Å². The lowest BCUT2D eigenvalue weighted by molar-refractivity contribution is -0.144. The Bertz CT molecular complexity index is 409. The van der Waals surface area contributed by atoms with Gasteiger partial charge in [0.25, 0.3) is 0 Å². The van der Waals surface area contributed by atoms with Gasteiger partial charge in [0.15, 0.2) is 0 Å². The van der Waals surface area contributed by atoms with Gasteiger partial charge in [0, 0.05) is 38.4 Å². The average Bonchev–Trinajstić information content (AvgIpc) is 2.87. The largest absolute Gasteiger partial charge is 0.338 e. The highest BCUT2D eigenvalue weighted by Gasteiger charge is 2.53. The predicted molar refractivity (Wildman–Crippen MR) is 74.8 cm³/mol. The summed E-state index contributed by atoms with van der Waals surface area (Å²) in [4.78, 5) is 30.6. The van der Waals surface area contributed by atoms with E-state index in [1.807, 2.05) is 9.80 Å². The molecule has 0 aromatic rings. The van der Waals surface area contributed by atoms with Gasteiger partial charge in [0.2, 0.25) is 11.8 Å². The Kier molecular flexibility index (Phi) is 3.25. The number of amides is 2. The summed E-state index contributed by atoms with van der Waals surface area (Å²) >= 11 is 1.77. The third kappa shape index (κ3) is 2.14. The van der Waals surface area contributed by atoms with Crippen molar-refractivity contribution >= 4 is 23.6 Å². The van der Waals surface area contributed by atoms with E-state index in [1.54, 1.807) is 11.8 Å². The van der Waals surface area contributed by atoms with Gasteiger partial charge in [-0.2, -0.15) is 0 Å². The fourth-order valence-corrected chi connectivity index (χ4v) is 4.66. The van der Waals surface area contributed by atoms with Gasteiger partial charge in [-0.3, -0.25) is 9.59 Å². The van der Waals surface area contributed by atoms with Crippen molar-refractivity contribution in [3.63, 3.8) is 0 Å². The van der Waals surface area contributed by atoms with E-state index in [0.29, 0.717) is 6.42 Å². The molecule has 3 aliphatic heterocycles. The highest BCUT2D eigenvalue weighted by molar-refractivity contribution is 8.01. The molecule has 0 aromatic heterocycles. The van der Waals surface area contributed by atoms with Gasteiger partial charge in [0.1, 0.15) is 6.04 Å². The SMILES string of the molecule is CN1CCN(C(=O)[C@H]2CS[C@]3(C)CCC(=O)N23)CC1. The summed E-state index contributed by atoms with van der Waals surface area (Å²) in [5.41, 5.74) is 0. The number of hydrogen-bond donors (Lipinski definition) is 0. The summed E-state index contributed by atoms with van der Waals surface area (Å²) in [5, 5.41) is 0. The molecule has 0 radical (unpaired) electrons. The van der Waals surface area contributed by atoms with Crippen molar-refractivity contribution in [1.82, 2.24) is 14.7 Å². The lowest BCUT2D eigenvalue weighted by atomic mass is 10.2. The Hall–Kier alpha value is -0.750. The third-order valence-electron chi connectivity index (χ3n) is 4.54. The molecule has 106 valence electrons. The molecule has 0 unspecified atom stereocenters. The van der Waals surface area contributed by atoms with Gasteiger partial charge >= 0.3 is 0 Å². The molecule has 3 rings (SSSR count). The normalized spacial score (nSPS) is 35.9. The lowest BCUT2D eigenvalue weighted by Gasteiger charge is -2.36. The molecule has 19 heavy (non-hydrogen) atoms. The van der Waals surface area contributed by atoms with Crippen molar-refractivity contribution in [2.75, 3.05) is 39.0 Å². The maximum Gasteiger partial charge on any atom is 0.246 e. The molecule has 2 atom stereocenters. The molecule has 0 bridgehead atoms. The topological polar surface area (TPSA) is 43.9 Å². The van der Waals surface area contributed by atoms with Crippen LogP contribution >= 0.6 is 11.8 Å². The molecule has 5 nitrogen and oxygen atoms in total. The van der Waals surface area contributed by atoms with E-state index in [4.69, 9.17) is 0 Å². The lowest BCUT2D eigenvalue weighted by Crippen LogP contribution is -2.55. The Balaban J connectivity index is 1.72. The van der Waals surface area contributed by atoms with Gasteiger partial charge in [-0.25, -0.2) is 0 Å². The summed E-state index contributed by atoms with van der Waals surface area (Å²) in [7, 11) is 2.08. The number of carbonyl (C=O) groups is 2. The molecule has 0 spiro atoms. The van der Waals surface area contributed by atoms with Crippen LogP contribution in [0.3, 0.4) is 0 Å². The Morgan fingerprint density at radius 2 is 2.00 bits per heavy atom. The first-order chi connectivity index (χ1) is 9.01. The van der Waals surface area contributed by atoms with Gasteiger partial charge in [-0.15, -0.1) is 11.8 Å². The van der Waals surface area contributed by atoms with E-state index in [-0.39, 0.29) is 22.7 Å². The number of thioether (sulfide) groups is 1. The van der Waals surface area contributed by atoms with Crippen LogP contribution in [-0.4, -0.2) is 76.4 Å². The Morgan fingerprint density at radius 3 is 2.68 bits per heavy atom. The predicted octanol–water partition coefficient (Wildman–Crippen LogP) is 0.214. The Labute approximate surface area is 118 Å². The number of hydrogen-bond acceptors (Lipinski definition) is 4. The molecular weight excluding hydrogens is 262 g/mol. The van der Waals surface area contributed by atoms with E-state index in [0.717, 1.165) is 38.4 Å². The number of likely N-dealkylation sites (N-methyl/N-ethyl adjacent to an activating group) is 1. The summed E-state index contributed by atoms with van der Waals surface area (Å²) in [6, 6.07) is -0.228. The zero-order chi connectivity index (χ0) is 13.6. The fraction of sp³-hybridized carbons (Fsp3) is 0.846. The summed E-state index contributed by atoms with van der Waals surface area (Å²) in [6.45, 7) is 5.53. The second-order valence-corrected chi connectivity index (χ2v) is 7.40. The molecule has 6 heteroatoms. The van der Waals surface area contributed by atoms with Crippen LogP contribution in [0.4, 0.5) is 0 Å². The zero-order valence-electron chi connectivity index (χ0n) is 11.6. The second-order valence-electron chi connectivity index (χ2n) is 5.89. The van der Waals surface area contributed by atoms with Gasteiger partial charge in [-0.05, 0) is 20.4 Å². The highest BCUT2D eigenvalue weighted by Crippen LogP contribution is 2.47. The van der Waals surface area contributed by atoms with Crippen LogP contribution in [0.5, 0.6) is 0 Å². The van der Waals surface area contributed by atoms with Crippen molar-refractivity contribution in [2.24, 2.45) is 0 Å². The van der Waals surface area contributed by atoms with Crippen LogP contribution in [0.15, 0.2) is 0 Å². The van der Waals surface area contributed by atoms with Crippen molar-refractivity contribution in [2.45, 2.75) is 30.7 Å². The first kappa shape index (κ1) is 13.2. The first-order valence-electron chi connectivity index (χ1n) is 6.95. The minimum atomic E-state index is -0.228. The number of fused-ring (bicyclic) bond motifs is 1.